The minimum Gasteiger partial charge on any atom is -0.496 e. The Labute approximate surface area is 209 Å². The van der Waals surface area contributed by atoms with Crippen LogP contribution in [0.5, 0.6) is 5.75 Å². The SMILES string of the molecule is COc1ccccc1C(CNC(=O)C1CCCN1C(=O)C12CC3CC(CC(C3)C1)C2)N1CCCC1. The summed E-state index contributed by atoms with van der Waals surface area (Å²) in [5.41, 5.74) is 0.956. The van der Waals surface area contributed by atoms with Crippen molar-refractivity contribution < 1.29 is 14.3 Å². The number of carbonyl (C=O) groups excluding carboxylic acids is 2. The Morgan fingerprint density at radius 1 is 1.00 bits per heavy atom. The van der Waals surface area contributed by atoms with Gasteiger partial charge in [0.2, 0.25) is 11.8 Å². The van der Waals surface area contributed by atoms with Crippen LogP contribution >= 0.6 is 0 Å². The van der Waals surface area contributed by atoms with Crippen molar-refractivity contribution in [3.8, 4) is 5.75 Å². The second kappa shape index (κ2) is 9.42. The van der Waals surface area contributed by atoms with Gasteiger partial charge in [0, 0.05) is 18.7 Å². The number of hydrogen-bond donors (Lipinski definition) is 1. The number of benzene rings is 1. The summed E-state index contributed by atoms with van der Waals surface area (Å²) in [7, 11) is 1.71. The lowest BCUT2D eigenvalue weighted by Crippen LogP contribution is -2.57. The summed E-state index contributed by atoms with van der Waals surface area (Å²) in [6.45, 7) is 3.37. The molecule has 0 spiro atoms. The summed E-state index contributed by atoms with van der Waals surface area (Å²) < 4.78 is 5.67. The van der Waals surface area contributed by atoms with E-state index in [1.54, 1.807) is 7.11 Å². The number of methoxy groups -OCH3 is 1. The van der Waals surface area contributed by atoms with E-state index in [4.69, 9.17) is 4.74 Å². The molecule has 4 aliphatic carbocycles. The highest BCUT2D eigenvalue weighted by Crippen LogP contribution is 2.60. The third kappa shape index (κ3) is 4.26. The topological polar surface area (TPSA) is 61.9 Å². The highest BCUT2D eigenvalue weighted by molar-refractivity contribution is 5.91. The Morgan fingerprint density at radius 3 is 2.31 bits per heavy atom. The lowest BCUT2D eigenvalue weighted by molar-refractivity contribution is -0.160. The Morgan fingerprint density at radius 2 is 1.66 bits per heavy atom. The Kier molecular flexibility index (Phi) is 6.28. The van der Waals surface area contributed by atoms with Gasteiger partial charge in [-0.25, -0.2) is 0 Å². The minimum absolute atomic E-state index is 0.0275. The van der Waals surface area contributed by atoms with Crippen LogP contribution in [-0.2, 0) is 9.59 Å². The molecule has 4 bridgehead atoms. The van der Waals surface area contributed by atoms with E-state index < -0.39 is 0 Å². The number of rotatable bonds is 7. The quantitative estimate of drug-likeness (QED) is 0.638. The van der Waals surface area contributed by atoms with E-state index in [-0.39, 0.29) is 23.4 Å². The summed E-state index contributed by atoms with van der Waals surface area (Å²) >= 11 is 0. The number of para-hydroxylation sites is 1. The fourth-order valence-corrected chi connectivity index (χ4v) is 8.71. The lowest BCUT2D eigenvalue weighted by atomic mass is 9.49. The molecule has 0 aromatic heterocycles. The zero-order valence-electron chi connectivity index (χ0n) is 21.2. The van der Waals surface area contributed by atoms with Crippen LogP contribution in [0.15, 0.2) is 24.3 Å². The molecule has 190 valence electrons. The molecule has 7 rings (SSSR count). The maximum absolute atomic E-state index is 14.0. The normalized spacial score (nSPS) is 34.8. The number of carbonyl (C=O) groups is 2. The molecule has 2 aliphatic heterocycles. The standard InChI is InChI=1S/C29H41N3O3/c1-35-26-9-3-2-7-23(26)25(31-10-4-5-11-31)19-30-27(33)24-8-6-12-32(24)28(34)29-16-20-13-21(17-29)15-22(14-20)18-29/h2-3,7,9,20-22,24-25H,4-6,8,10-19H2,1H3,(H,30,33). The van der Waals surface area contributed by atoms with Gasteiger partial charge in [-0.3, -0.25) is 14.5 Å². The van der Waals surface area contributed by atoms with E-state index >= 15 is 0 Å². The average molecular weight is 480 g/mol. The molecule has 6 nitrogen and oxygen atoms in total. The van der Waals surface area contributed by atoms with Crippen LogP contribution < -0.4 is 10.1 Å². The zero-order valence-corrected chi connectivity index (χ0v) is 21.2. The van der Waals surface area contributed by atoms with Gasteiger partial charge in [0.25, 0.3) is 0 Å². The van der Waals surface area contributed by atoms with Crippen LogP contribution in [0.4, 0.5) is 0 Å². The minimum atomic E-state index is -0.313. The van der Waals surface area contributed by atoms with Crippen LogP contribution in [0.3, 0.4) is 0 Å². The van der Waals surface area contributed by atoms with E-state index in [2.05, 4.69) is 16.3 Å². The first kappa shape index (κ1) is 23.3. The van der Waals surface area contributed by atoms with Crippen molar-refractivity contribution in [3.63, 3.8) is 0 Å². The van der Waals surface area contributed by atoms with Gasteiger partial charge in [0.1, 0.15) is 11.8 Å². The molecule has 2 atom stereocenters. The summed E-state index contributed by atoms with van der Waals surface area (Å²) in [5.74, 6) is 3.42. The summed E-state index contributed by atoms with van der Waals surface area (Å²) in [6.07, 6.45) is 11.3. The Balaban J connectivity index is 1.16. The average Bonchev–Trinajstić information content (AvgIpc) is 3.56. The highest BCUT2D eigenvalue weighted by atomic mass is 16.5. The number of likely N-dealkylation sites (tertiary alicyclic amines) is 2. The first-order chi connectivity index (χ1) is 17.1. The van der Waals surface area contributed by atoms with E-state index in [0.717, 1.165) is 80.8 Å². The number of nitrogens with zero attached hydrogens (tertiary/aromatic N) is 2. The molecular formula is C29H41N3O3. The molecule has 2 saturated heterocycles. The largest absolute Gasteiger partial charge is 0.496 e. The summed E-state index contributed by atoms with van der Waals surface area (Å²) in [4.78, 5) is 32.0. The summed E-state index contributed by atoms with van der Waals surface area (Å²) in [6, 6.07) is 7.94. The monoisotopic (exact) mass is 479 g/mol. The smallest absolute Gasteiger partial charge is 0.242 e. The number of amides is 2. The Bertz CT molecular complexity index is 921. The van der Waals surface area contributed by atoms with Gasteiger partial charge in [-0.05, 0) is 101 Å². The lowest BCUT2D eigenvalue weighted by Gasteiger charge is -2.56. The second-order valence-electron chi connectivity index (χ2n) is 12.1. The van der Waals surface area contributed by atoms with Crippen LogP contribution in [0, 0.1) is 23.2 Å². The molecular weight excluding hydrogens is 438 g/mol. The summed E-state index contributed by atoms with van der Waals surface area (Å²) in [5, 5.41) is 3.28. The predicted molar refractivity (Wildman–Crippen MR) is 135 cm³/mol. The van der Waals surface area contributed by atoms with Gasteiger partial charge in [0.05, 0.1) is 18.6 Å². The molecule has 1 aromatic carbocycles. The maximum Gasteiger partial charge on any atom is 0.242 e. The van der Waals surface area contributed by atoms with Crippen molar-refractivity contribution in [2.75, 3.05) is 33.3 Å². The first-order valence-corrected chi connectivity index (χ1v) is 14.0. The van der Waals surface area contributed by atoms with Gasteiger partial charge < -0.3 is 15.0 Å². The van der Waals surface area contributed by atoms with Crippen molar-refractivity contribution in [1.29, 1.82) is 0 Å². The van der Waals surface area contributed by atoms with Crippen molar-refractivity contribution in [1.82, 2.24) is 15.1 Å². The van der Waals surface area contributed by atoms with Crippen LogP contribution in [0.2, 0.25) is 0 Å². The van der Waals surface area contributed by atoms with E-state index in [9.17, 15) is 9.59 Å². The molecule has 6 fully saturated rings. The molecule has 2 heterocycles. The highest BCUT2D eigenvalue weighted by Gasteiger charge is 2.56. The van der Waals surface area contributed by atoms with E-state index in [1.165, 1.54) is 32.1 Å². The zero-order chi connectivity index (χ0) is 24.0. The van der Waals surface area contributed by atoms with Crippen LogP contribution in [-0.4, -0.2) is 60.9 Å². The first-order valence-electron chi connectivity index (χ1n) is 14.0. The second-order valence-corrected chi connectivity index (χ2v) is 12.1. The van der Waals surface area contributed by atoms with Crippen molar-refractivity contribution in [3.05, 3.63) is 29.8 Å². The number of ether oxygens (including phenoxy) is 1. The van der Waals surface area contributed by atoms with Gasteiger partial charge >= 0.3 is 0 Å². The van der Waals surface area contributed by atoms with Gasteiger partial charge in [-0.15, -0.1) is 0 Å². The van der Waals surface area contributed by atoms with Gasteiger partial charge in [-0.1, -0.05) is 18.2 Å². The van der Waals surface area contributed by atoms with Crippen molar-refractivity contribution >= 4 is 11.8 Å². The third-order valence-corrected chi connectivity index (χ3v) is 9.86. The fraction of sp³-hybridized carbons (Fsp3) is 0.724. The van der Waals surface area contributed by atoms with E-state index in [0.29, 0.717) is 12.5 Å². The van der Waals surface area contributed by atoms with Crippen molar-refractivity contribution in [2.24, 2.45) is 23.2 Å². The molecule has 2 amide bonds. The van der Waals surface area contributed by atoms with Crippen molar-refractivity contribution in [2.45, 2.75) is 76.3 Å². The van der Waals surface area contributed by atoms with Gasteiger partial charge in [0.15, 0.2) is 0 Å². The fourth-order valence-electron chi connectivity index (χ4n) is 8.71. The van der Waals surface area contributed by atoms with Crippen LogP contribution in [0.1, 0.15) is 75.8 Å². The number of nitrogens with one attached hydrogen (secondary N) is 1. The molecule has 35 heavy (non-hydrogen) atoms. The molecule has 1 N–H and O–H groups in total. The van der Waals surface area contributed by atoms with Gasteiger partial charge in [-0.2, -0.15) is 0 Å². The third-order valence-electron chi connectivity index (χ3n) is 9.86. The van der Waals surface area contributed by atoms with E-state index in [1.807, 2.05) is 23.1 Å². The number of hydrogen-bond acceptors (Lipinski definition) is 4. The molecule has 0 radical (unpaired) electrons. The molecule has 6 aliphatic rings. The van der Waals surface area contributed by atoms with Crippen LogP contribution in [0.25, 0.3) is 0 Å². The molecule has 6 heteroatoms. The Hall–Kier alpha value is -2.08. The predicted octanol–water partition coefficient (Wildman–Crippen LogP) is 4.16. The maximum atomic E-state index is 14.0. The molecule has 4 saturated carbocycles. The molecule has 2 unspecified atom stereocenters. The molecule has 1 aromatic rings.